The highest BCUT2D eigenvalue weighted by atomic mass is 35.5. The van der Waals surface area contributed by atoms with Crippen LogP contribution in [0.5, 0.6) is 0 Å². The number of amides is 2. The average molecular weight is 375 g/mol. The van der Waals surface area contributed by atoms with Crippen LogP contribution in [0, 0.1) is 0 Å². The van der Waals surface area contributed by atoms with Crippen LogP contribution in [0.25, 0.3) is 0 Å². The summed E-state index contributed by atoms with van der Waals surface area (Å²) in [7, 11) is 0. The second-order valence-electron chi connectivity index (χ2n) is 5.83. The Balaban J connectivity index is 2.40. The predicted octanol–water partition coefficient (Wildman–Crippen LogP) is 1.69. The molecule has 2 N–H and O–H groups in total. The van der Waals surface area contributed by atoms with Crippen molar-refractivity contribution in [3.8, 4) is 0 Å². The smallest absolute Gasteiger partial charge is 0.303 e. The number of unbranched alkanes of at least 4 members (excludes halogenated alkanes) is 4. The van der Waals surface area contributed by atoms with Gasteiger partial charge in [-0.1, -0.05) is 12.8 Å². The highest BCUT2D eigenvalue weighted by Crippen LogP contribution is 2.18. The molecular formula is C16H23ClN2O6. The SMILES string of the molecule is O=C(O)CCCCCN=C1C(=O)N(CCCCCC(=O)O)C(=O)C1Cl. The van der Waals surface area contributed by atoms with Crippen molar-refractivity contribution in [2.24, 2.45) is 4.99 Å². The van der Waals surface area contributed by atoms with Crippen molar-refractivity contribution in [2.45, 2.75) is 56.7 Å². The maximum atomic E-state index is 12.2. The maximum Gasteiger partial charge on any atom is 0.303 e. The lowest BCUT2D eigenvalue weighted by molar-refractivity contribution is -0.138. The van der Waals surface area contributed by atoms with Crippen molar-refractivity contribution in [1.29, 1.82) is 0 Å². The number of hydrogen-bond acceptors (Lipinski definition) is 5. The van der Waals surface area contributed by atoms with Crippen LogP contribution in [-0.4, -0.2) is 63.0 Å². The quantitative estimate of drug-likeness (QED) is 0.304. The first-order chi connectivity index (χ1) is 11.8. The normalized spacial score (nSPS) is 19.0. The van der Waals surface area contributed by atoms with Gasteiger partial charge in [-0.05, 0) is 25.7 Å². The van der Waals surface area contributed by atoms with E-state index in [9.17, 15) is 19.2 Å². The number of rotatable bonds is 12. The van der Waals surface area contributed by atoms with Gasteiger partial charge in [-0.2, -0.15) is 0 Å². The topological polar surface area (TPSA) is 124 Å². The third kappa shape index (κ3) is 7.21. The Morgan fingerprint density at radius 3 is 2.08 bits per heavy atom. The Morgan fingerprint density at radius 1 is 0.960 bits per heavy atom. The second-order valence-corrected chi connectivity index (χ2v) is 6.27. The van der Waals surface area contributed by atoms with Crippen LogP contribution in [0.4, 0.5) is 0 Å². The fourth-order valence-electron chi connectivity index (χ4n) is 2.45. The summed E-state index contributed by atoms with van der Waals surface area (Å²) < 4.78 is 0. The first kappa shape index (κ1) is 21.1. The molecule has 0 radical (unpaired) electrons. The highest BCUT2D eigenvalue weighted by molar-refractivity contribution is 6.63. The van der Waals surface area contributed by atoms with Gasteiger partial charge in [-0.15, -0.1) is 11.6 Å². The Morgan fingerprint density at radius 2 is 1.52 bits per heavy atom. The molecule has 0 spiro atoms. The van der Waals surface area contributed by atoms with E-state index in [1.165, 1.54) is 0 Å². The Kier molecular flexibility index (Phi) is 9.12. The van der Waals surface area contributed by atoms with E-state index in [4.69, 9.17) is 21.8 Å². The lowest BCUT2D eigenvalue weighted by Crippen LogP contribution is -2.32. The van der Waals surface area contributed by atoms with Crippen LogP contribution >= 0.6 is 11.6 Å². The number of imide groups is 1. The molecule has 0 bridgehead atoms. The lowest BCUT2D eigenvalue weighted by Gasteiger charge is -2.12. The monoisotopic (exact) mass is 374 g/mol. The Bertz CT molecular complexity index is 549. The number of carbonyl (C=O) groups is 4. The van der Waals surface area contributed by atoms with Crippen molar-refractivity contribution in [3.63, 3.8) is 0 Å². The summed E-state index contributed by atoms with van der Waals surface area (Å²) in [4.78, 5) is 50.3. The molecule has 1 saturated heterocycles. The zero-order valence-corrected chi connectivity index (χ0v) is 14.7. The van der Waals surface area contributed by atoms with Gasteiger partial charge in [0.05, 0.1) is 0 Å². The van der Waals surface area contributed by atoms with E-state index >= 15 is 0 Å². The number of nitrogens with zero attached hydrogens (tertiary/aromatic N) is 2. The van der Waals surface area contributed by atoms with Gasteiger partial charge in [-0.25, -0.2) is 0 Å². The molecule has 1 atom stereocenters. The molecule has 0 saturated carbocycles. The van der Waals surface area contributed by atoms with Gasteiger partial charge in [0.15, 0.2) is 5.38 Å². The maximum absolute atomic E-state index is 12.2. The molecule has 0 aromatic rings. The molecule has 25 heavy (non-hydrogen) atoms. The molecular weight excluding hydrogens is 352 g/mol. The molecule has 1 aliphatic heterocycles. The Hall–Kier alpha value is -1.96. The summed E-state index contributed by atoms with van der Waals surface area (Å²) in [5.74, 6) is -2.70. The third-order valence-corrected chi connectivity index (χ3v) is 4.18. The van der Waals surface area contributed by atoms with E-state index in [0.717, 1.165) is 4.90 Å². The van der Waals surface area contributed by atoms with E-state index in [0.29, 0.717) is 45.1 Å². The number of likely N-dealkylation sites (tertiary alicyclic amines) is 1. The van der Waals surface area contributed by atoms with Crippen molar-refractivity contribution in [1.82, 2.24) is 4.90 Å². The minimum Gasteiger partial charge on any atom is -0.481 e. The van der Waals surface area contributed by atoms with Crippen molar-refractivity contribution in [3.05, 3.63) is 0 Å². The fraction of sp³-hybridized carbons (Fsp3) is 0.688. The molecule has 1 heterocycles. The van der Waals surface area contributed by atoms with Gasteiger partial charge in [-0.3, -0.25) is 29.1 Å². The number of carboxylic acids is 2. The molecule has 0 aromatic heterocycles. The third-order valence-electron chi connectivity index (χ3n) is 3.79. The molecule has 9 heteroatoms. The number of carboxylic acid groups (broad SMARTS) is 2. The standard InChI is InChI=1S/C16H23ClN2O6/c17-13-14(18-9-5-1-3-7-11(20)21)16(25)19(15(13)24)10-6-2-4-8-12(22)23/h13H,1-10H2,(H,20,21)(H,22,23). The van der Waals surface area contributed by atoms with Gasteiger partial charge < -0.3 is 10.2 Å². The summed E-state index contributed by atoms with van der Waals surface area (Å²) in [6, 6.07) is 0. The lowest BCUT2D eigenvalue weighted by atomic mass is 10.2. The number of halogens is 1. The van der Waals surface area contributed by atoms with Crippen LogP contribution in [-0.2, 0) is 19.2 Å². The number of aliphatic imine (C=N–C) groups is 1. The summed E-state index contributed by atoms with van der Waals surface area (Å²) in [5, 5.41) is 16.0. The summed E-state index contributed by atoms with van der Waals surface area (Å²) in [6.45, 7) is 0.530. The minimum absolute atomic E-state index is 0.0374. The molecule has 1 aliphatic rings. The van der Waals surface area contributed by atoms with Gasteiger partial charge in [0.2, 0.25) is 0 Å². The van der Waals surface area contributed by atoms with Crippen LogP contribution < -0.4 is 0 Å². The summed E-state index contributed by atoms with van der Waals surface area (Å²) in [6.07, 6.45) is 3.62. The molecule has 1 rings (SSSR count). The van der Waals surface area contributed by atoms with Crippen molar-refractivity contribution < 1.29 is 29.4 Å². The molecule has 0 aliphatic carbocycles. The van der Waals surface area contributed by atoms with E-state index in [1.807, 2.05) is 0 Å². The zero-order chi connectivity index (χ0) is 18.8. The fourth-order valence-corrected chi connectivity index (χ4v) is 2.73. The van der Waals surface area contributed by atoms with E-state index in [1.54, 1.807) is 0 Å². The van der Waals surface area contributed by atoms with Crippen molar-refractivity contribution in [2.75, 3.05) is 13.1 Å². The first-order valence-electron chi connectivity index (χ1n) is 8.32. The van der Waals surface area contributed by atoms with E-state index in [-0.39, 0.29) is 25.1 Å². The molecule has 1 unspecified atom stereocenters. The van der Waals surface area contributed by atoms with Crippen LogP contribution in [0.3, 0.4) is 0 Å². The zero-order valence-electron chi connectivity index (χ0n) is 13.9. The number of alkyl halides is 1. The van der Waals surface area contributed by atoms with E-state index < -0.39 is 29.1 Å². The van der Waals surface area contributed by atoms with Gasteiger partial charge >= 0.3 is 11.9 Å². The average Bonchev–Trinajstić information content (AvgIpc) is 2.74. The number of carbonyl (C=O) groups excluding carboxylic acids is 2. The summed E-state index contributed by atoms with van der Waals surface area (Å²) >= 11 is 5.98. The van der Waals surface area contributed by atoms with Crippen LogP contribution in [0.2, 0.25) is 0 Å². The predicted molar refractivity (Wildman–Crippen MR) is 90.9 cm³/mol. The summed E-state index contributed by atoms with van der Waals surface area (Å²) in [5.41, 5.74) is 0.0374. The van der Waals surface area contributed by atoms with Crippen molar-refractivity contribution >= 4 is 41.1 Å². The second kappa shape index (κ2) is 10.8. The van der Waals surface area contributed by atoms with Gasteiger partial charge in [0, 0.05) is 25.9 Å². The Labute approximate surface area is 150 Å². The van der Waals surface area contributed by atoms with Gasteiger partial charge in [0.25, 0.3) is 11.8 Å². The van der Waals surface area contributed by atoms with E-state index in [2.05, 4.69) is 4.99 Å². The van der Waals surface area contributed by atoms with Crippen LogP contribution in [0.1, 0.15) is 51.4 Å². The molecule has 0 aromatic carbocycles. The largest absolute Gasteiger partial charge is 0.481 e. The molecule has 2 amide bonds. The molecule has 8 nitrogen and oxygen atoms in total. The molecule has 140 valence electrons. The number of aliphatic carboxylic acids is 2. The highest BCUT2D eigenvalue weighted by Gasteiger charge is 2.43. The van der Waals surface area contributed by atoms with Gasteiger partial charge in [0.1, 0.15) is 5.71 Å². The number of hydrogen-bond donors (Lipinski definition) is 2. The minimum atomic E-state index is -1.08. The van der Waals surface area contributed by atoms with Crippen LogP contribution in [0.15, 0.2) is 4.99 Å². The molecule has 1 fully saturated rings. The first-order valence-corrected chi connectivity index (χ1v) is 8.76.